The van der Waals surface area contributed by atoms with Crippen LogP contribution in [-0.2, 0) is 4.79 Å². The second kappa shape index (κ2) is 7.86. The van der Waals surface area contributed by atoms with Crippen molar-refractivity contribution in [1.29, 1.82) is 0 Å². The molecule has 0 aromatic carbocycles. The molecule has 1 heteroatoms. The van der Waals surface area contributed by atoms with Gasteiger partial charge in [0.25, 0.3) is 0 Å². The van der Waals surface area contributed by atoms with E-state index in [1.807, 2.05) is 0 Å². The van der Waals surface area contributed by atoms with Gasteiger partial charge in [-0.05, 0) is 11.8 Å². The van der Waals surface area contributed by atoms with E-state index in [1.54, 1.807) is 0 Å². The SMILES string of the molecule is CCCC(C)CC(=O)CC1CCCCCC1. The second-order valence-corrected chi connectivity index (χ2v) is 5.70. The smallest absolute Gasteiger partial charge is 0.133 e. The predicted molar refractivity (Wildman–Crippen MR) is 69.5 cm³/mol. The fourth-order valence-electron chi connectivity index (χ4n) is 2.96. The van der Waals surface area contributed by atoms with Gasteiger partial charge in [-0.3, -0.25) is 4.79 Å². The van der Waals surface area contributed by atoms with Crippen molar-refractivity contribution < 1.29 is 4.79 Å². The molecule has 16 heavy (non-hydrogen) atoms. The fourth-order valence-corrected chi connectivity index (χ4v) is 2.96. The van der Waals surface area contributed by atoms with Crippen molar-refractivity contribution in [3.63, 3.8) is 0 Å². The van der Waals surface area contributed by atoms with E-state index in [1.165, 1.54) is 51.4 Å². The van der Waals surface area contributed by atoms with Gasteiger partial charge in [0.1, 0.15) is 5.78 Å². The van der Waals surface area contributed by atoms with E-state index in [4.69, 9.17) is 0 Å². The van der Waals surface area contributed by atoms with E-state index < -0.39 is 0 Å². The molecule has 0 aliphatic heterocycles. The third kappa shape index (κ3) is 5.67. The Morgan fingerprint density at radius 2 is 1.81 bits per heavy atom. The molecule has 1 fully saturated rings. The molecule has 1 rings (SSSR count). The summed E-state index contributed by atoms with van der Waals surface area (Å²) in [5.41, 5.74) is 0. The van der Waals surface area contributed by atoms with Gasteiger partial charge in [-0.2, -0.15) is 0 Å². The van der Waals surface area contributed by atoms with E-state index in [2.05, 4.69) is 13.8 Å². The van der Waals surface area contributed by atoms with Crippen LogP contribution in [0.4, 0.5) is 0 Å². The van der Waals surface area contributed by atoms with Gasteiger partial charge in [-0.25, -0.2) is 0 Å². The minimum absolute atomic E-state index is 0.521. The topological polar surface area (TPSA) is 17.1 Å². The van der Waals surface area contributed by atoms with Crippen LogP contribution in [0.1, 0.15) is 78.1 Å². The number of hydrogen-bond donors (Lipinski definition) is 0. The van der Waals surface area contributed by atoms with Crippen LogP contribution in [0.3, 0.4) is 0 Å². The van der Waals surface area contributed by atoms with Crippen molar-refractivity contribution in [2.45, 2.75) is 78.1 Å². The third-order valence-electron chi connectivity index (χ3n) is 3.85. The average molecular weight is 224 g/mol. The van der Waals surface area contributed by atoms with Gasteiger partial charge in [0.15, 0.2) is 0 Å². The Morgan fingerprint density at radius 3 is 2.38 bits per heavy atom. The monoisotopic (exact) mass is 224 g/mol. The van der Waals surface area contributed by atoms with Crippen molar-refractivity contribution in [2.75, 3.05) is 0 Å². The maximum atomic E-state index is 11.9. The first-order valence-corrected chi connectivity index (χ1v) is 7.24. The highest BCUT2D eigenvalue weighted by molar-refractivity contribution is 5.78. The molecule has 0 aromatic heterocycles. The van der Waals surface area contributed by atoms with Crippen LogP contribution < -0.4 is 0 Å². The summed E-state index contributed by atoms with van der Waals surface area (Å²) in [4.78, 5) is 11.9. The highest BCUT2D eigenvalue weighted by Crippen LogP contribution is 2.26. The molecule has 0 saturated heterocycles. The number of carbonyl (C=O) groups excluding carboxylic acids is 1. The Hall–Kier alpha value is -0.330. The summed E-state index contributed by atoms with van der Waals surface area (Å²) in [6.45, 7) is 4.42. The van der Waals surface area contributed by atoms with Crippen molar-refractivity contribution in [2.24, 2.45) is 11.8 Å². The normalized spacial score (nSPS) is 20.4. The van der Waals surface area contributed by atoms with E-state index in [0.717, 1.165) is 12.8 Å². The van der Waals surface area contributed by atoms with Gasteiger partial charge in [0, 0.05) is 12.8 Å². The maximum Gasteiger partial charge on any atom is 0.133 e. The molecular weight excluding hydrogens is 196 g/mol. The van der Waals surface area contributed by atoms with Gasteiger partial charge in [0.2, 0.25) is 0 Å². The molecule has 0 bridgehead atoms. The zero-order valence-corrected chi connectivity index (χ0v) is 11.1. The summed E-state index contributed by atoms with van der Waals surface area (Å²) in [7, 11) is 0. The highest BCUT2D eigenvalue weighted by Gasteiger charge is 2.17. The van der Waals surface area contributed by atoms with Gasteiger partial charge in [0.05, 0.1) is 0 Å². The van der Waals surface area contributed by atoms with Gasteiger partial charge >= 0.3 is 0 Å². The molecule has 0 spiro atoms. The van der Waals surface area contributed by atoms with Gasteiger partial charge < -0.3 is 0 Å². The van der Waals surface area contributed by atoms with Crippen LogP contribution in [0.25, 0.3) is 0 Å². The molecule has 0 radical (unpaired) electrons. The lowest BCUT2D eigenvalue weighted by Gasteiger charge is -2.14. The standard InChI is InChI=1S/C15H28O/c1-3-8-13(2)11-15(16)12-14-9-6-4-5-7-10-14/h13-14H,3-12H2,1-2H3. The average Bonchev–Trinajstić information content (AvgIpc) is 2.46. The number of rotatable bonds is 6. The third-order valence-corrected chi connectivity index (χ3v) is 3.85. The minimum atomic E-state index is 0.521. The molecule has 0 N–H and O–H groups in total. The fraction of sp³-hybridized carbons (Fsp3) is 0.933. The number of Topliss-reactive ketones (excluding diaryl/α,β-unsaturated/α-hetero) is 1. The lowest BCUT2D eigenvalue weighted by atomic mass is 9.90. The molecule has 1 aliphatic carbocycles. The Kier molecular flexibility index (Phi) is 6.75. The van der Waals surface area contributed by atoms with Crippen molar-refractivity contribution in [1.82, 2.24) is 0 Å². The second-order valence-electron chi connectivity index (χ2n) is 5.70. The van der Waals surface area contributed by atoms with Crippen LogP contribution >= 0.6 is 0 Å². The van der Waals surface area contributed by atoms with Crippen molar-refractivity contribution >= 4 is 5.78 Å². The predicted octanol–water partition coefficient (Wildman–Crippen LogP) is 4.74. The molecular formula is C15H28O. The lowest BCUT2D eigenvalue weighted by molar-refractivity contribution is -0.120. The largest absolute Gasteiger partial charge is 0.300 e. The molecule has 0 amide bonds. The van der Waals surface area contributed by atoms with Gasteiger partial charge in [-0.1, -0.05) is 65.2 Å². The lowest BCUT2D eigenvalue weighted by Crippen LogP contribution is -2.11. The molecule has 0 aromatic rings. The van der Waals surface area contributed by atoms with Crippen LogP contribution in [-0.4, -0.2) is 5.78 Å². The first kappa shape index (κ1) is 13.7. The molecule has 94 valence electrons. The number of hydrogen-bond acceptors (Lipinski definition) is 1. The summed E-state index contributed by atoms with van der Waals surface area (Å²) >= 11 is 0. The summed E-state index contributed by atoms with van der Waals surface area (Å²) in [6, 6.07) is 0. The molecule has 1 unspecified atom stereocenters. The van der Waals surface area contributed by atoms with Crippen LogP contribution in [0, 0.1) is 11.8 Å². The molecule has 1 saturated carbocycles. The summed E-state index contributed by atoms with van der Waals surface area (Å²) in [5, 5.41) is 0. The van der Waals surface area contributed by atoms with Crippen LogP contribution in [0.2, 0.25) is 0 Å². The number of carbonyl (C=O) groups is 1. The van der Waals surface area contributed by atoms with Crippen LogP contribution in [0.5, 0.6) is 0 Å². The van der Waals surface area contributed by atoms with Gasteiger partial charge in [-0.15, -0.1) is 0 Å². The first-order valence-electron chi connectivity index (χ1n) is 7.24. The van der Waals surface area contributed by atoms with E-state index in [-0.39, 0.29) is 0 Å². The van der Waals surface area contributed by atoms with E-state index in [0.29, 0.717) is 17.6 Å². The molecule has 1 nitrogen and oxygen atoms in total. The molecule has 1 aliphatic rings. The van der Waals surface area contributed by atoms with E-state index >= 15 is 0 Å². The Morgan fingerprint density at radius 1 is 1.19 bits per heavy atom. The zero-order valence-electron chi connectivity index (χ0n) is 11.1. The Labute approximate surface area is 101 Å². The zero-order chi connectivity index (χ0) is 11.8. The summed E-state index contributed by atoms with van der Waals surface area (Å²) in [5.74, 6) is 1.83. The van der Waals surface area contributed by atoms with Crippen molar-refractivity contribution in [3.05, 3.63) is 0 Å². The number of ketones is 1. The highest BCUT2D eigenvalue weighted by atomic mass is 16.1. The van der Waals surface area contributed by atoms with E-state index in [9.17, 15) is 4.79 Å². The minimum Gasteiger partial charge on any atom is -0.300 e. The summed E-state index contributed by atoms with van der Waals surface area (Å²) < 4.78 is 0. The van der Waals surface area contributed by atoms with Crippen LogP contribution in [0.15, 0.2) is 0 Å². The maximum absolute atomic E-state index is 11.9. The molecule has 0 heterocycles. The first-order chi connectivity index (χ1) is 7.72. The van der Waals surface area contributed by atoms with Crippen molar-refractivity contribution in [3.8, 4) is 0 Å². The Balaban J connectivity index is 2.21. The quantitative estimate of drug-likeness (QED) is 0.595. The summed E-state index contributed by atoms with van der Waals surface area (Å²) in [6.07, 6.45) is 12.2. The Bertz CT molecular complexity index is 190. The molecule has 1 atom stereocenters.